The SMILES string of the molecule is CCCO[C@H](O)C(=O)c1ccc(-c2ccccc2)cc1. The lowest BCUT2D eigenvalue weighted by Crippen LogP contribution is -2.24. The van der Waals surface area contributed by atoms with Crippen LogP contribution in [0.4, 0.5) is 0 Å². The quantitative estimate of drug-likeness (QED) is 0.647. The van der Waals surface area contributed by atoms with Crippen LogP contribution in [0.25, 0.3) is 11.1 Å². The van der Waals surface area contributed by atoms with Gasteiger partial charge in [-0.25, -0.2) is 0 Å². The van der Waals surface area contributed by atoms with Crippen LogP contribution in [0.2, 0.25) is 0 Å². The fourth-order valence-electron chi connectivity index (χ4n) is 1.91. The summed E-state index contributed by atoms with van der Waals surface area (Å²) in [6, 6.07) is 17.1. The molecule has 3 heteroatoms. The van der Waals surface area contributed by atoms with Crippen LogP contribution in [0.5, 0.6) is 0 Å². The number of carbonyl (C=O) groups excluding carboxylic acids is 1. The van der Waals surface area contributed by atoms with Crippen LogP contribution in [0.1, 0.15) is 23.7 Å². The van der Waals surface area contributed by atoms with Gasteiger partial charge in [-0.05, 0) is 17.5 Å². The van der Waals surface area contributed by atoms with E-state index in [-0.39, 0.29) is 0 Å². The minimum Gasteiger partial charge on any atom is -0.362 e. The number of aliphatic hydroxyl groups excluding tert-OH is 1. The average Bonchev–Trinajstić information content (AvgIpc) is 2.53. The summed E-state index contributed by atoms with van der Waals surface area (Å²) in [5.41, 5.74) is 2.58. The molecule has 104 valence electrons. The molecule has 0 saturated carbocycles. The van der Waals surface area contributed by atoms with Gasteiger partial charge in [0, 0.05) is 12.2 Å². The van der Waals surface area contributed by atoms with Crippen molar-refractivity contribution >= 4 is 5.78 Å². The van der Waals surface area contributed by atoms with Gasteiger partial charge in [0.15, 0.2) is 0 Å². The fourth-order valence-corrected chi connectivity index (χ4v) is 1.91. The molecule has 0 aromatic heterocycles. The number of benzene rings is 2. The minimum atomic E-state index is -1.38. The van der Waals surface area contributed by atoms with Crippen LogP contribution in [0.3, 0.4) is 0 Å². The lowest BCUT2D eigenvalue weighted by Gasteiger charge is -2.10. The third-order valence-corrected chi connectivity index (χ3v) is 2.98. The molecule has 0 aliphatic rings. The van der Waals surface area contributed by atoms with E-state index in [4.69, 9.17) is 4.74 Å². The number of rotatable bonds is 6. The molecule has 0 spiro atoms. The van der Waals surface area contributed by atoms with E-state index < -0.39 is 12.1 Å². The number of aliphatic hydroxyl groups is 1. The summed E-state index contributed by atoms with van der Waals surface area (Å²) in [5, 5.41) is 9.62. The summed E-state index contributed by atoms with van der Waals surface area (Å²) >= 11 is 0. The Balaban J connectivity index is 2.10. The van der Waals surface area contributed by atoms with Gasteiger partial charge in [-0.2, -0.15) is 0 Å². The Labute approximate surface area is 118 Å². The standard InChI is InChI=1S/C17H18O3/c1-2-12-20-17(19)16(18)15-10-8-14(9-11-15)13-6-4-3-5-7-13/h3-11,17,19H,2,12H2,1H3/t17-/m0/s1. The van der Waals surface area contributed by atoms with E-state index in [0.29, 0.717) is 12.2 Å². The van der Waals surface area contributed by atoms with Gasteiger partial charge in [0.1, 0.15) is 0 Å². The minimum absolute atomic E-state index is 0.370. The van der Waals surface area contributed by atoms with Crippen LogP contribution in [-0.2, 0) is 4.74 Å². The third-order valence-electron chi connectivity index (χ3n) is 2.98. The second kappa shape index (κ2) is 6.98. The van der Waals surface area contributed by atoms with Gasteiger partial charge in [-0.15, -0.1) is 0 Å². The smallest absolute Gasteiger partial charge is 0.220 e. The molecule has 2 rings (SSSR count). The highest BCUT2D eigenvalue weighted by molar-refractivity contribution is 5.98. The van der Waals surface area contributed by atoms with Crippen molar-refractivity contribution in [3.8, 4) is 11.1 Å². The van der Waals surface area contributed by atoms with Crippen molar-refractivity contribution in [2.24, 2.45) is 0 Å². The van der Waals surface area contributed by atoms with Crippen molar-refractivity contribution in [2.45, 2.75) is 19.6 Å². The van der Waals surface area contributed by atoms with E-state index in [2.05, 4.69) is 0 Å². The Hall–Kier alpha value is -1.97. The van der Waals surface area contributed by atoms with Gasteiger partial charge in [0.2, 0.25) is 12.1 Å². The third kappa shape index (κ3) is 3.53. The summed E-state index contributed by atoms with van der Waals surface area (Å²) in [6.07, 6.45) is -0.616. The molecule has 2 aromatic carbocycles. The largest absolute Gasteiger partial charge is 0.362 e. The van der Waals surface area contributed by atoms with Gasteiger partial charge in [-0.3, -0.25) is 4.79 Å². The van der Waals surface area contributed by atoms with Gasteiger partial charge < -0.3 is 9.84 Å². The molecule has 1 N–H and O–H groups in total. The zero-order chi connectivity index (χ0) is 14.4. The number of Topliss-reactive ketones (excluding diaryl/α,β-unsaturated/α-hetero) is 1. The van der Waals surface area contributed by atoms with Crippen LogP contribution in [0.15, 0.2) is 54.6 Å². The van der Waals surface area contributed by atoms with E-state index in [0.717, 1.165) is 17.5 Å². The molecule has 0 heterocycles. The number of ketones is 1. The van der Waals surface area contributed by atoms with E-state index in [1.807, 2.05) is 49.4 Å². The molecule has 1 atom stereocenters. The van der Waals surface area contributed by atoms with Crippen molar-refractivity contribution in [3.05, 3.63) is 60.2 Å². The molecule has 0 amide bonds. The molecular formula is C17H18O3. The van der Waals surface area contributed by atoms with E-state index >= 15 is 0 Å². The zero-order valence-electron chi connectivity index (χ0n) is 11.5. The van der Waals surface area contributed by atoms with Crippen LogP contribution in [-0.4, -0.2) is 23.8 Å². The van der Waals surface area contributed by atoms with Gasteiger partial charge in [-0.1, -0.05) is 61.5 Å². The highest BCUT2D eigenvalue weighted by Gasteiger charge is 2.17. The van der Waals surface area contributed by atoms with Crippen LogP contribution >= 0.6 is 0 Å². The lowest BCUT2D eigenvalue weighted by atomic mass is 10.0. The van der Waals surface area contributed by atoms with Crippen molar-refractivity contribution in [1.29, 1.82) is 0 Å². The predicted molar refractivity (Wildman–Crippen MR) is 78.5 cm³/mol. The molecule has 20 heavy (non-hydrogen) atoms. The first kappa shape index (κ1) is 14.4. The molecule has 0 bridgehead atoms. The summed E-state index contributed by atoms with van der Waals surface area (Å²) < 4.78 is 5.03. The molecule has 0 saturated heterocycles. The van der Waals surface area contributed by atoms with Crippen molar-refractivity contribution in [1.82, 2.24) is 0 Å². The molecule has 0 radical (unpaired) electrons. The Bertz CT molecular complexity index is 546. The molecule has 0 aliphatic carbocycles. The Morgan fingerprint density at radius 1 is 1.05 bits per heavy atom. The maximum absolute atomic E-state index is 11.9. The Morgan fingerprint density at radius 2 is 1.65 bits per heavy atom. The number of carbonyl (C=O) groups is 1. The van der Waals surface area contributed by atoms with E-state index in [1.54, 1.807) is 12.1 Å². The lowest BCUT2D eigenvalue weighted by molar-refractivity contribution is -0.0717. The topological polar surface area (TPSA) is 46.5 Å². The fraction of sp³-hybridized carbons (Fsp3) is 0.235. The molecule has 0 fully saturated rings. The summed E-state index contributed by atoms with van der Waals surface area (Å²) in [6.45, 7) is 2.29. The molecule has 3 nitrogen and oxygen atoms in total. The maximum Gasteiger partial charge on any atom is 0.220 e. The number of hydrogen-bond acceptors (Lipinski definition) is 3. The van der Waals surface area contributed by atoms with Crippen molar-refractivity contribution < 1.29 is 14.6 Å². The zero-order valence-corrected chi connectivity index (χ0v) is 11.5. The second-order valence-electron chi connectivity index (χ2n) is 4.53. The number of ether oxygens (including phenoxy) is 1. The molecule has 0 unspecified atom stereocenters. The van der Waals surface area contributed by atoms with Crippen LogP contribution in [0, 0.1) is 0 Å². The van der Waals surface area contributed by atoms with Gasteiger partial charge in [0.25, 0.3) is 0 Å². The second-order valence-corrected chi connectivity index (χ2v) is 4.53. The first-order chi connectivity index (χ1) is 9.72. The molecular weight excluding hydrogens is 252 g/mol. The van der Waals surface area contributed by atoms with Crippen molar-refractivity contribution in [2.75, 3.05) is 6.61 Å². The Morgan fingerprint density at radius 3 is 2.25 bits per heavy atom. The van der Waals surface area contributed by atoms with E-state index in [9.17, 15) is 9.90 Å². The van der Waals surface area contributed by atoms with Gasteiger partial charge in [0.05, 0.1) is 0 Å². The van der Waals surface area contributed by atoms with E-state index in [1.165, 1.54) is 0 Å². The predicted octanol–water partition coefficient (Wildman–Crippen LogP) is 3.28. The van der Waals surface area contributed by atoms with Crippen molar-refractivity contribution in [3.63, 3.8) is 0 Å². The highest BCUT2D eigenvalue weighted by atomic mass is 16.6. The van der Waals surface area contributed by atoms with Gasteiger partial charge >= 0.3 is 0 Å². The summed E-state index contributed by atoms with van der Waals surface area (Å²) in [7, 11) is 0. The Kier molecular flexibility index (Phi) is 5.04. The normalized spacial score (nSPS) is 12.1. The maximum atomic E-state index is 11.9. The monoisotopic (exact) mass is 270 g/mol. The first-order valence-corrected chi connectivity index (χ1v) is 6.71. The first-order valence-electron chi connectivity index (χ1n) is 6.71. The van der Waals surface area contributed by atoms with Crippen LogP contribution < -0.4 is 0 Å². The number of hydrogen-bond donors (Lipinski definition) is 1. The molecule has 0 aliphatic heterocycles. The summed E-state index contributed by atoms with van der Waals surface area (Å²) in [4.78, 5) is 11.9. The summed E-state index contributed by atoms with van der Waals surface area (Å²) in [5.74, 6) is -0.405. The highest BCUT2D eigenvalue weighted by Crippen LogP contribution is 2.19. The molecule has 2 aromatic rings. The average molecular weight is 270 g/mol.